The van der Waals surface area contributed by atoms with Crippen LogP contribution < -0.4 is 0 Å². The largest absolute Gasteiger partial charge is 0.294 e. The molecule has 0 amide bonds. The standard InChI is InChI=1S/C44H27N5/c1-4-17-31-28(12-1)15-9-21-34(31)42-46-43(35-22-10-16-29-13-2-5-18-32(29)35)48-44(47-42)37-23-11-25-40(45-37)49-38-24-8-7-20-36(38)41-33-19-6-3-14-30(33)26-27-39(41)49/h1-27H. The second-order valence-corrected chi connectivity index (χ2v) is 12.3. The number of hydrogen-bond donors (Lipinski definition) is 0. The van der Waals surface area contributed by atoms with E-state index in [1.165, 1.54) is 21.5 Å². The Balaban J connectivity index is 1.22. The molecule has 0 aliphatic carbocycles. The zero-order valence-corrected chi connectivity index (χ0v) is 26.3. The van der Waals surface area contributed by atoms with Gasteiger partial charge >= 0.3 is 0 Å². The molecule has 228 valence electrons. The number of fused-ring (bicyclic) bond motifs is 7. The summed E-state index contributed by atoms with van der Waals surface area (Å²) >= 11 is 0. The SMILES string of the molecule is c1cc(-c2nc(-c3cccc4ccccc34)nc(-c3cccc4ccccc34)n2)nc(-n2c3ccccc3c3c4ccccc4ccc32)c1. The molecule has 3 heterocycles. The molecule has 3 aromatic heterocycles. The third-order valence-corrected chi connectivity index (χ3v) is 9.45. The average Bonchev–Trinajstić information content (AvgIpc) is 3.52. The molecule has 0 saturated carbocycles. The molecule has 0 N–H and O–H groups in total. The first-order valence-electron chi connectivity index (χ1n) is 16.4. The molecule has 0 unspecified atom stereocenters. The van der Waals surface area contributed by atoms with Gasteiger partial charge in [0.15, 0.2) is 17.5 Å². The molecular weight excluding hydrogens is 599 g/mol. The smallest absolute Gasteiger partial charge is 0.182 e. The van der Waals surface area contributed by atoms with E-state index < -0.39 is 0 Å². The maximum Gasteiger partial charge on any atom is 0.182 e. The lowest BCUT2D eigenvalue weighted by atomic mass is 10.0. The second kappa shape index (κ2) is 10.9. The highest BCUT2D eigenvalue weighted by atomic mass is 15.1. The summed E-state index contributed by atoms with van der Waals surface area (Å²) in [7, 11) is 0. The highest BCUT2D eigenvalue weighted by Crippen LogP contribution is 2.37. The van der Waals surface area contributed by atoms with Crippen molar-refractivity contribution in [2.24, 2.45) is 0 Å². The number of pyridine rings is 1. The summed E-state index contributed by atoms with van der Waals surface area (Å²) in [6, 6.07) is 56.8. The Labute approximate surface area is 281 Å². The van der Waals surface area contributed by atoms with Crippen molar-refractivity contribution in [2.45, 2.75) is 0 Å². The van der Waals surface area contributed by atoms with Crippen LogP contribution in [0.25, 0.3) is 94.2 Å². The van der Waals surface area contributed by atoms with Crippen LogP contribution in [0.4, 0.5) is 0 Å². The minimum atomic E-state index is 0.522. The van der Waals surface area contributed by atoms with Gasteiger partial charge in [-0.1, -0.05) is 140 Å². The molecule has 10 aromatic rings. The Kier molecular flexibility index (Phi) is 6.11. The van der Waals surface area contributed by atoms with Crippen LogP contribution in [0.5, 0.6) is 0 Å². The number of nitrogens with zero attached hydrogens (tertiary/aromatic N) is 5. The molecule has 0 aliphatic heterocycles. The van der Waals surface area contributed by atoms with Gasteiger partial charge in [0.2, 0.25) is 0 Å². The van der Waals surface area contributed by atoms with Gasteiger partial charge in [0, 0.05) is 21.9 Å². The minimum Gasteiger partial charge on any atom is -0.294 e. The topological polar surface area (TPSA) is 56.5 Å². The molecule has 5 heteroatoms. The molecule has 5 nitrogen and oxygen atoms in total. The van der Waals surface area contributed by atoms with Crippen molar-refractivity contribution >= 4 is 54.1 Å². The lowest BCUT2D eigenvalue weighted by Crippen LogP contribution is -2.04. The van der Waals surface area contributed by atoms with Gasteiger partial charge in [-0.3, -0.25) is 4.57 Å². The van der Waals surface area contributed by atoms with Crippen LogP contribution in [0.15, 0.2) is 164 Å². The highest BCUT2D eigenvalue weighted by molar-refractivity contribution is 6.21. The molecule has 49 heavy (non-hydrogen) atoms. The Hall–Kier alpha value is -6.72. The zero-order chi connectivity index (χ0) is 32.3. The molecule has 0 aliphatic rings. The maximum atomic E-state index is 5.27. The predicted octanol–water partition coefficient (Wildman–Crippen LogP) is 10.8. The van der Waals surface area contributed by atoms with Gasteiger partial charge in [0.05, 0.1) is 11.0 Å². The van der Waals surface area contributed by atoms with Gasteiger partial charge < -0.3 is 0 Å². The zero-order valence-electron chi connectivity index (χ0n) is 26.3. The van der Waals surface area contributed by atoms with Crippen molar-refractivity contribution in [1.29, 1.82) is 0 Å². The predicted molar refractivity (Wildman–Crippen MR) is 201 cm³/mol. The van der Waals surface area contributed by atoms with E-state index in [2.05, 4.69) is 156 Å². The summed E-state index contributed by atoms with van der Waals surface area (Å²) in [6.07, 6.45) is 0. The minimum absolute atomic E-state index is 0.522. The monoisotopic (exact) mass is 625 g/mol. The first-order chi connectivity index (χ1) is 24.3. The average molecular weight is 626 g/mol. The van der Waals surface area contributed by atoms with Crippen LogP contribution in [0, 0.1) is 0 Å². The van der Waals surface area contributed by atoms with E-state index in [4.69, 9.17) is 19.9 Å². The van der Waals surface area contributed by atoms with Crippen LogP contribution in [0.1, 0.15) is 0 Å². The van der Waals surface area contributed by atoms with Gasteiger partial charge in [-0.25, -0.2) is 19.9 Å². The number of aromatic nitrogens is 5. The van der Waals surface area contributed by atoms with E-state index in [9.17, 15) is 0 Å². The van der Waals surface area contributed by atoms with E-state index in [1.54, 1.807) is 0 Å². The van der Waals surface area contributed by atoms with Crippen LogP contribution in [0.3, 0.4) is 0 Å². The fourth-order valence-electron chi connectivity index (χ4n) is 7.23. The van der Waals surface area contributed by atoms with Crippen LogP contribution >= 0.6 is 0 Å². The molecule has 0 saturated heterocycles. The van der Waals surface area contributed by atoms with E-state index in [1.807, 2.05) is 12.1 Å². The molecule has 0 radical (unpaired) electrons. The molecule has 0 spiro atoms. The van der Waals surface area contributed by atoms with Crippen molar-refractivity contribution < 1.29 is 0 Å². The van der Waals surface area contributed by atoms with Gasteiger partial charge in [0.1, 0.15) is 11.5 Å². The van der Waals surface area contributed by atoms with Crippen LogP contribution in [-0.2, 0) is 0 Å². The number of benzene rings is 7. The molecule has 10 rings (SSSR count). The highest BCUT2D eigenvalue weighted by Gasteiger charge is 2.19. The Bertz CT molecular complexity index is 2800. The molecule has 0 fully saturated rings. The van der Waals surface area contributed by atoms with E-state index >= 15 is 0 Å². The molecule has 7 aromatic carbocycles. The van der Waals surface area contributed by atoms with Gasteiger partial charge in [0.25, 0.3) is 0 Å². The van der Waals surface area contributed by atoms with Crippen molar-refractivity contribution in [3.05, 3.63) is 164 Å². The maximum absolute atomic E-state index is 5.27. The van der Waals surface area contributed by atoms with Crippen molar-refractivity contribution in [1.82, 2.24) is 24.5 Å². The summed E-state index contributed by atoms with van der Waals surface area (Å²) in [4.78, 5) is 20.6. The van der Waals surface area contributed by atoms with E-state index in [-0.39, 0.29) is 0 Å². The number of para-hydroxylation sites is 1. The normalized spacial score (nSPS) is 11.7. The molecule has 0 bridgehead atoms. The lowest BCUT2D eigenvalue weighted by molar-refractivity contribution is 1.04. The summed E-state index contributed by atoms with van der Waals surface area (Å²) in [6.45, 7) is 0. The lowest BCUT2D eigenvalue weighted by Gasteiger charge is -2.12. The van der Waals surface area contributed by atoms with Gasteiger partial charge in [-0.05, 0) is 56.6 Å². The first-order valence-corrected chi connectivity index (χ1v) is 16.4. The summed E-state index contributed by atoms with van der Waals surface area (Å²) in [5, 5.41) is 9.29. The summed E-state index contributed by atoms with van der Waals surface area (Å²) in [5.41, 5.74) is 4.78. The summed E-state index contributed by atoms with van der Waals surface area (Å²) in [5.74, 6) is 2.55. The number of rotatable bonds is 4. The Morgan fingerprint density at radius 2 is 0.837 bits per heavy atom. The van der Waals surface area contributed by atoms with Crippen LogP contribution in [-0.4, -0.2) is 24.5 Å². The fraction of sp³-hybridized carbons (Fsp3) is 0. The van der Waals surface area contributed by atoms with Crippen molar-refractivity contribution in [3.8, 4) is 40.1 Å². The van der Waals surface area contributed by atoms with E-state index in [0.29, 0.717) is 23.2 Å². The third-order valence-electron chi connectivity index (χ3n) is 9.45. The first kappa shape index (κ1) is 27.4. The summed E-state index contributed by atoms with van der Waals surface area (Å²) < 4.78 is 2.25. The Morgan fingerprint density at radius 1 is 0.327 bits per heavy atom. The van der Waals surface area contributed by atoms with Crippen LogP contribution in [0.2, 0.25) is 0 Å². The molecular formula is C44H27N5. The van der Waals surface area contributed by atoms with Gasteiger partial charge in [-0.15, -0.1) is 0 Å². The fourth-order valence-corrected chi connectivity index (χ4v) is 7.23. The quantitative estimate of drug-likeness (QED) is 0.195. The molecule has 0 atom stereocenters. The van der Waals surface area contributed by atoms with E-state index in [0.717, 1.165) is 49.5 Å². The number of hydrogen-bond acceptors (Lipinski definition) is 4. The van der Waals surface area contributed by atoms with Crippen molar-refractivity contribution in [3.63, 3.8) is 0 Å². The third kappa shape index (κ3) is 4.40. The van der Waals surface area contributed by atoms with Gasteiger partial charge in [-0.2, -0.15) is 0 Å². The Morgan fingerprint density at radius 3 is 1.51 bits per heavy atom. The van der Waals surface area contributed by atoms with Crippen molar-refractivity contribution in [2.75, 3.05) is 0 Å². The second-order valence-electron chi connectivity index (χ2n) is 12.3.